The highest BCUT2D eigenvalue weighted by atomic mass is 35.5. The predicted molar refractivity (Wildman–Crippen MR) is 102 cm³/mol. The Morgan fingerprint density at radius 2 is 1.85 bits per heavy atom. The number of hydrogen-bond acceptors (Lipinski definition) is 2. The van der Waals surface area contributed by atoms with Gasteiger partial charge in [-0.3, -0.25) is 9.69 Å². The van der Waals surface area contributed by atoms with Gasteiger partial charge in [-0.15, -0.1) is 0 Å². The highest BCUT2D eigenvalue weighted by Gasteiger charge is 2.26. The van der Waals surface area contributed by atoms with E-state index in [1.165, 1.54) is 18.2 Å². The smallest absolute Gasteiger partial charge is 0.223 e. The molecule has 2 aromatic carbocycles. The van der Waals surface area contributed by atoms with Gasteiger partial charge in [0.15, 0.2) is 0 Å². The molecule has 1 aliphatic rings. The van der Waals surface area contributed by atoms with E-state index in [0.29, 0.717) is 43.1 Å². The van der Waals surface area contributed by atoms with Gasteiger partial charge in [0.25, 0.3) is 0 Å². The maximum atomic E-state index is 13.9. The summed E-state index contributed by atoms with van der Waals surface area (Å²) in [6.07, 6.45) is 1.43. The lowest BCUT2D eigenvalue weighted by molar-refractivity contribution is -0.127. The summed E-state index contributed by atoms with van der Waals surface area (Å²) in [6, 6.07) is 10.7. The summed E-state index contributed by atoms with van der Waals surface area (Å²) < 4.78 is 27.0. The van der Waals surface area contributed by atoms with Crippen LogP contribution in [-0.4, -0.2) is 23.9 Å². The van der Waals surface area contributed by atoms with E-state index in [4.69, 9.17) is 11.6 Å². The average Bonchev–Trinajstić information content (AvgIpc) is 2.66. The second kappa shape index (κ2) is 8.81. The number of nitrogens with one attached hydrogen (secondary N) is 1. The van der Waals surface area contributed by atoms with Crippen molar-refractivity contribution in [2.24, 2.45) is 5.92 Å². The number of piperidine rings is 1. The van der Waals surface area contributed by atoms with Crippen molar-refractivity contribution in [1.82, 2.24) is 10.2 Å². The third-order valence-corrected chi connectivity index (χ3v) is 5.48. The molecule has 1 fully saturated rings. The van der Waals surface area contributed by atoms with Crippen molar-refractivity contribution in [3.05, 3.63) is 70.2 Å². The van der Waals surface area contributed by atoms with Crippen molar-refractivity contribution in [2.75, 3.05) is 13.1 Å². The Balaban J connectivity index is 1.51. The molecule has 3 rings (SSSR count). The molecule has 1 amide bonds. The van der Waals surface area contributed by atoms with Gasteiger partial charge in [0.1, 0.15) is 11.6 Å². The van der Waals surface area contributed by atoms with Gasteiger partial charge in [0.2, 0.25) is 5.91 Å². The van der Waals surface area contributed by atoms with Crippen LogP contribution in [0.25, 0.3) is 0 Å². The molecule has 0 saturated carbocycles. The van der Waals surface area contributed by atoms with Crippen LogP contribution in [-0.2, 0) is 11.3 Å². The lowest BCUT2D eigenvalue weighted by Gasteiger charge is -2.32. The lowest BCUT2D eigenvalue weighted by atomic mass is 9.94. The maximum absolute atomic E-state index is 13.9. The molecule has 1 N–H and O–H groups in total. The molecule has 0 bridgehead atoms. The molecule has 6 heteroatoms. The molecule has 0 aliphatic carbocycles. The number of nitrogens with zero attached hydrogens (tertiary/aromatic N) is 1. The fraction of sp³-hybridized carbons (Fsp3) is 0.381. The molecule has 1 atom stereocenters. The highest BCUT2D eigenvalue weighted by molar-refractivity contribution is 6.31. The molecular formula is C21H23ClF2N2O. The number of benzene rings is 2. The Kier molecular flexibility index (Phi) is 6.45. The molecule has 1 aliphatic heterocycles. The molecule has 3 nitrogen and oxygen atoms in total. The Morgan fingerprint density at radius 3 is 2.48 bits per heavy atom. The van der Waals surface area contributed by atoms with E-state index in [-0.39, 0.29) is 29.5 Å². The van der Waals surface area contributed by atoms with Gasteiger partial charge in [-0.1, -0.05) is 29.8 Å². The zero-order valence-corrected chi connectivity index (χ0v) is 16.0. The van der Waals surface area contributed by atoms with Crippen LogP contribution in [0.3, 0.4) is 0 Å². The van der Waals surface area contributed by atoms with Gasteiger partial charge >= 0.3 is 0 Å². The van der Waals surface area contributed by atoms with Crippen molar-refractivity contribution in [3.63, 3.8) is 0 Å². The van der Waals surface area contributed by atoms with Crippen LogP contribution in [0.2, 0.25) is 5.02 Å². The Labute approximate surface area is 163 Å². The molecule has 0 unspecified atom stereocenters. The molecule has 27 heavy (non-hydrogen) atoms. The maximum Gasteiger partial charge on any atom is 0.223 e. The molecule has 1 heterocycles. The monoisotopic (exact) mass is 392 g/mol. The first-order chi connectivity index (χ1) is 12.9. The molecule has 0 aromatic heterocycles. The number of halogens is 3. The molecule has 0 spiro atoms. The van der Waals surface area contributed by atoms with Gasteiger partial charge in [-0.25, -0.2) is 8.78 Å². The van der Waals surface area contributed by atoms with Crippen molar-refractivity contribution in [2.45, 2.75) is 32.4 Å². The molecule has 0 radical (unpaired) electrons. The first kappa shape index (κ1) is 19.8. The van der Waals surface area contributed by atoms with E-state index < -0.39 is 0 Å². The number of likely N-dealkylation sites (tertiary alicyclic amines) is 1. The SMILES string of the molecule is C[C@@H](NC(=O)C1CCN(Cc2c(F)cccc2Cl)CC1)c1ccc(F)cc1. The van der Waals surface area contributed by atoms with Gasteiger partial charge in [-0.2, -0.15) is 0 Å². The zero-order chi connectivity index (χ0) is 19.4. The minimum atomic E-state index is -0.296. The van der Waals surface area contributed by atoms with E-state index in [0.717, 1.165) is 5.56 Å². The molecule has 144 valence electrons. The van der Waals surface area contributed by atoms with Crippen LogP contribution in [0.5, 0.6) is 0 Å². The second-order valence-corrected chi connectivity index (χ2v) is 7.44. The van der Waals surface area contributed by atoms with Crippen molar-refractivity contribution >= 4 is 17.5 Å². The topological polar surface area (TPSA) is 32.3 Å². The summed E-state index contributed by atoms with van der Waals surface area (Å²) in [6.45, 7) is 3.77. The zero-order valence-electron chi connectivity index (χ0n) is 15.2. The standard InChI is InChI=1S/C21H23ClF2N2O/c1-14(15-5-7-17(23)8-6-15)25-21(27)16-9-11-26(12-10-16)13-18-19(22)3-2-4-20(18)24/h2-8,14,16H,9-13H2,1H3,(H,25,27)/t14-/m1/s1. The van der Waals surface area contributed by atoms with Crippen molar-refractivity contribution in [3.8, 4) is 0 Å². The number of hydrogen-bond donors (Lipinski definition) is 1. The highest BCUT2D eigenvalue weighted by Crippen LogP contribution is 2.25. The van der Waals surface area contributed by atoms with Crippen LogP contribution < -0.4 is 5.32 Å². The summed E-state index contributed by atoms with van der Waals surface area (Å²) in [4.78, 5) is 14.7. The summed E-state index contributed by atoms with van der Waals surface area (Å²) in [5.74, 6) is -0.647. The van der Waals surface area contributed by atoms with Crippen LogP contribution in [0.1, 0.15) is 36.9 Å². The molecular weight excluding hydrogens is 370 g/mol. The van der Waals surface area contributed by atoms with Crippen LogP contribution in [0, 0.1) is 17.6 Å². The average molecular weight is 393 g/mol. The fourth-order valence-electron chi connectivity index (χ4n) is 3.43. The first-order valence-electron chi connectivity index (χ1n) is 9.15. The normalized spacial score (nSPS) is 16.9. The van der Waals surface area contributed by atoms with E-state index in [2.05, 4.69) is 10.2 Å². The Morgan fingerprint density at radius 1 is 1.19 bits per heavy atom. The minimum Gasteiger partial charge on any atom is -0.349 e. The van der Waals surface area contributed by atoms with E-state index in [1.54, 1.807) is 24.3 Å². The Bertz CT molecular complexity index is 769. The Hall–Kier alpha value is -1.98. The summed E-state index contributed by atoms with van der Waals surface area (Å²) in [5.41, 5.74) is 1.38. The van der Waals surface area contributed by atoms with Crippen LogP contribution in [0.4, 0.5) is 8.78 Å². The predicted octanol–water partition coefficient (Wildman–Crippen LogP) is 4.71. The largest absolute Gasteiger partial charge is 0.349 e. The van der Waals surface area contributed by atoms with Gasteiger partial charge in [0.05, 0.1) is 6.04 Å². The third kappa shape index (κ3) is 5.05. The minimum absolute atomic E-state index is 0.00963. The van der Waals surface area contributed by atoms with E-state index in [1.807, 2.05) is 6.92 Å². The summed E-state index contributed by atoms with van der Waals surface area (Å²) in [5, 5.41) is 3.44. The number of rotatable bonds is 5. The lowest BCUT2D eigenvalue weighted by Crippen LogP contribution is -2.41. The van der Waals surface area contributed by atoms with Gasteiger partial charge < -0.3 is 5.32 Å². The molecule has 2 aromatic rings. The van der Waals surface area contributed by atoms with Gasteiger partial charge in [0, 0.05) is 23.0 Å². The van der Waals surface area contributed by atoms with Crippen LogP contribution >= 0.6 is 11.6 Å². The van der Waals surface area contributed by atoms with E-state index in [9.17, 15) is 13.6 Å². The quantitative estimate of drug-likeness (QED) is 0.799. The first-order valence-corrected chi connectivity index (χ1v) is 9.53. The number of amides is 1. The van der Waals surface area contributed by atoms with Crippen molar-refractivity contribution < 1.29 is 13.6 Å². The summed E-state index contributed by atoms with van der Waals surface area (Å²) in [7, 11) is 0. The summed E-state index contributed by atoms with van der Waals surface area (Å²) >= 11 is 6.10. The molecule has 1 saturated heterocycles. The second-order valence-electron chi connectivity index (χ2n) is 7.03. The van der Waals surface area contributed by atoms with Crippen molar-refractivity contribution in [1.29, 1.82) is 0 Å². The third-order valence-electron chi connectivity index (χ3n) is 5.13. The van der Waals surface area contributed by atoms with E-state index >= 15 is 0 Å². The van der Waals surface area contributed by atoms with Gasteiger partial charge in [-0.05, 0) is 62.7 Å². The fourth-order valence-corrected chi connectivity index (χ4v) is 3.65. The number of carbonyl (C=O) groups excluding carboxylic acids is 1. The van der Waals surface area contributed by atoms with Crippen LogP contribution in [0.15, 0.2) is 42.5 Å². The number of carbonyl (C=O) groups is 1.